The number of thiophene rings is 1. The lowest BCUT2D eigenvalue weighted by molar-refractivity contribution is 0.0944. The monoisotopic (exact) mass is 328 g/mol. The highest BCUT2D eigenvalue weighted by Gasteiger charge is 2.18. The summed E-state index contributed by atoms with van der Waals surface area (Å²) in [5.74, 6) is 1.59. The number of hydrogen-bond donors (Lipinski definition) is 2. The van der Waals surface area contributed by atoms with Crippen LogP contribution in [-0.4, -0.2) is 30.9 Å². The minimum absolute atomic E-state index is 0.212. The quantitative estimate of drug-likeness (QED) is 0.766. The first-order valence-electron chi connectivity index (χ1n) is 7.52. The van der Waals surface area contributed by atoms with E-state index < -0.39 is 0 Å². The zero-order valence-corrected chi connectivity index (χ0v) is 13.5. The number of aromatic nitrogens is 5. The van der Waals surface area contributed by atoms with Crippen LogP contribution in [0.25, 0.3) is 10.6 Å². The van der Waals surface area contributed by atoms with Gasteiger partial charge < -0.3 is 9.88 Å². The van der Waals surface area contributed by atoms with Gasteiger partial charge in [0.25, 0.3) is 5.91 Å². The van der Waals surface area contributed by atoms with Crippen molar-refractivity contribution in [3.8, 4) is 10.6 Å². The number of hydrogen-bond acceptors (Lipinski definition) is 5. The van der Waals surface area contributed by atoms with Crippen molar-refractivity contribution in [3.63, 3.8) is 0 Å². The average molecular weight is 328 g/mol. The van der Waals surface area contributed by atoms with Crippen LogP contribution in [0, 0.1) is 6.92 Å². The number of aryl methyl sites for hydroxylation is 2. The number of carbonyl (C=O) groups is 1. The van der Waals surface area contributed by atoms with Crippen molar-refractivity contribution in [3.05, 3.63) is 40.4 Å². The highest BCUT2D eigenvalue weighted by molar-refractivity contribution is 7.15. The maximum atomic E-state index is 12.2. The maximum Gasteiger partial charge on any atom is 0.272 e. The topological polar surface area (TPSA) is 88.5 Å². The van der Waals surface area contributed by atoms with Crippen LogP contribution in [0.3, 0.4) is 0 Å². The second-order valence-electron chi connectivity index (χ2n) is 5.55. The second-order valence-corrected chi connectivity index (χ2v) is 6.84. The van der Waals surface area contributed by atoms with E-state index in [4.69, 9.17) is 0 Å². The van der Waals surface area contributed by atoms with Gasteiger partial charge in [0.1, 0.15) is 5.82 Å². The van der Waals surface area contributed by atoms with Crippen molar-refractivity contribution < 1.29 is 4.79 Å². The Kier molecular flexibility index (Phi) is 3.45. The summed E-state index contributed by atoms with van der Waals surface area (Å²) in [6.45, 7) is 3.35. The van der Waals surface area contributed by atoms with E-state index in [0.29, 0.717) is 12.2 Å². The summed E-state index contributed by atoms with van der Waals surface area (Å²) >= 11 is 1.67. The van der Waals surface area contributed by atoms with E-state index in [-0.39, 0.29) is 5.91 Å². The van der Waals surface area contributed by atoms with E-state index in [0.717, 1.165) is 41.6 Å². The first kappa shape index (κ1) is 14.1. The molecule has 0 unspecified atom stereocenters. The van der Waals surface area contributed by atoms with Crippen molar-refractivity contribution in [2.45, 2.75) is 32.9 Å². The molecule has 0 saturated carbocycles. The first-order chi connectivity index (χ1) is 11.2. The molecule has 0 spiro atoms. The van der Waals surface area contributed by atoms with E-state index in [2.05, 4.69) is 37.2 Å². The third-order valence-corrected chi connectivity index (χ3v) is 4.94. The Bertz CT molecular complexity index is 861. The predicted molar refractivity (Wildman–Crippen MR) is 86.2 cm³/mol. The molecular weight excluding hydrogens is 312 g/mol. The van der Waals surface area contributed by atoms with Gasteiger partial charge in [-0.25, -0.2) is 0 Å². The number of amides is 1. The Balaban J connectivity index is 1.44. The molecule has 7 nitrogen and oxygen atoms in total. The molecule has 2 N–H and O–H groups in total. The molecule has 23 heavy (non-hydrogen) atoms. The normalized spacial score (nSPS) is 13.3. The van der Waals surface area contributed by atoms with Gasteiger partial charge in [0.2, 0.25) is 0 Å². The first-order valence-corrected chi connectivity index (χ1v) is 8.34. The van der Waals surface area contributed by atoms with Gasteiger partial charge in [0, 0.05) is 17.8 Å². The van der Waals surface area contributed by atoms with E-state index in [1.54, 1.807) is 17.4 Å². The van der Waals surface area contributed by atoms with Crippen LogP contribution in [-0.2, 0) is 19.5 Å². The summed E-state index contributed by atoms with van der Waals surface area (Å²) in [6.07, 6.45) is 2.05. The SMILES string of the molecule is Cc1ccc(-c2cc(C(=O)NCc3nnc4n3CCC4)n[nH]2)s1. The molecule has 0 atom stereocenters. The zero-order valence-electron chi connectivity index (χ0n) is 12.7. The van der Waals surface area contributed by atoms with Crippen molar-refractivity contribution in [1.82, 2.24) is 30.3 Å². The Labute approximate surface area is 136 Å². The molecule has 1 aliphatic rings. The average Bonchev–Trinajstić information content (AvgIpc) is 3.29. The van der Waals surface area contributed by atoms with Gasteiger partial charge >= 0.3 is 0 Å². The lowest BCUT2D eigenvalue weighted by Crippen LogP contribution is -2.25. The van der Waals surface area contributed by atoms with Gasteiger partial charge in [0.15, 0.2) is 11.5 Å². The number of rotatable bonds is 4. The van der Waals surface area contributed by atoms with Gasteiger partial charge in [0.05, 0.1) is 17.1 Å². The van der Waals surface area contributed by atoms with Crippen LogP contribution in [0.2, 0.25) is 0 Å². The number of carbonyl (C=O) groups excluding carboxylic acids is 1. The highest BCUT2D eigenvalue weighted by atomic mass is 32.1. The van der Waals surface area contributed by atoms with Crippen LogP contribution in [0.4, 0.5) is 0 Å². The Morgan fingerprint density at radius 2 is 2.35 bits per heavy atom. The van der Waals surface area contributed by atoms with Crippen molar-refractivity contribution in [1.29, 1.82) is 0 Å². The Morgan fingerprint density at radius 3 is 3.17 bits per heavy atom. The predicted octanol–water partition coefficient (Wildman–Crippen LogP) is 1.91. The summed E-state index contributed by atoms with van der Waals surface area (Å²) < 4.78 is 2.07. The molecule has 4 rings (SSSR count). The molecule has 0 radical (unpaired) electrons. The molecule has 1 aliphatic heterocycles. The molecular formula is C15H16N6OS. The molecule has 3 aromatic rings. The Morgan fingerprint density at radius 1 is 1.43 bits per heavy atom. The minimum atomic E-state index is -0.212. The van der Waals surface area contributed by atoms with Crippen molar-refractivity contribution in [2.75, 3.05) is 0 Å². The van der Waals surface area contributed by atoms with Gasteiger partial charge in [-0.2, -0.15) is 5.10 Å². The summed E-state index contributed by atoms with van der Waals surface area (Å²) in [4.78, 5) is 14.5. The van der Waals surface area contributed by atoms with Crippen LogP contribution < -0.4 is 5.32 Å². The van der Waals surface area contributed by atoms with Crippen LogP contribution in [0.1, 0.15) is 33.4 Å². The number of H-pyrrole nitrogens is 1. The number of fused-ring (bicyclic) bond motifs is 1. The number of nitrogens with zero attached hydrogens (tertiary/aromatic N) is 4. The number of aromatic amines is 1. The molecule has 0 bridgehead atoms. The molecule has 0 fully saturated rings. The fourth-order valence-corrected chi connectivity index (χ4v) is 3.57. The van der Waals surface area contributed by atoms with E-state index in [9.17, 15) is 4.79 Å². The largest absolute Gasteiger partial charge is 0.343 e. The van der Waals surface area contributed by atoms with Gasteiger partial charge in [-0.15, -0.1) is 21.5 Å². The fourth-order valence-electron chi connectivity index (χ4n) is 2.73. The summed E-state index contributed by atoms with van der Waals surface area (Å²) in [5.41, 5.74) is 1.24. The summed E-state index contributed by atoms with van der Waals surface area (Å²) in [6, 6.07) is 5.84. The Hall–Kier alpha value is -2.48. The second kappa shape index (κ2) is 5.62. The maximum absolute atomic E-state index is 12.2. The highest BCUT2D eigenvalue weighted by Crippen LogP contribution is 2.26. The molecule has 118 valence electrons. The summed E-state index contributed by atoms with van der Waals surface area (Å²) in [7, 11) is 0. The molecule has 1 amide bonds. The minimum Gasteiger partial charge on any atom is -0.343 e. The smallest absolute Gasteiger partial charge is 0.272 e. The third kappa shape index (κ3) is 2.65. The van der Waals surface area contributed by atoms with Gasteiger partial charge in [-0.05, 0) is 31.5 Å². The van der Waals surface area contributed by atoms with E-state index in [1.165, 1.54) is 4.88 Å². The standard InChI is InChI=1S/C15H16N6OS/c1-9-4-5-12(23-9)10-7-11(18-17-10)15(22)16-8-14-20-19-13-3-2-6-21(13)14/h4-5,7H,2-3,6,8H2,1H3,(H,16,22)(H,17,18). The van der Waals surface area contributed by atoms with Crippen LogP contribution in [0.5, 0.6) is 0 Å². The van der Waals surface area contributed by atoms with E-state index >= 15 is 0 Å². The van der Waals surface area contributed by atoms with E-state index in [1.807, 2.05) is 12.1 Å². The molecule has 0 saturated heterocycles. The van der Waals surface area contributed by atoms with Crippen LogP contribution in [0.15, 0.2) is 18.2 Å². The molecule has 8 heteroatoms. The third-order valence-electron chi connectivity index (χ3n) is 3.91. The van der Waals surface area contributed by atoms with Crippen molar-refractivity contribution in [2.24, 2.45) is 0 Å². The zero-order chi connectivity index (χ0) is 15.8. The van der Waals surface area contributed by atoms with Crippen LogP contribution >= 0.6 is 11.3 Å². The van der Waals surface area contributed by atoms with Gasteiger partial charge in [-0.3, -0.25) is 9.89 Å². The van der Waals surface area contributed by atoms with Crippen molar-refractivity contribution >= 4 is 17.2 Å². The lowest BCUT2D eigenvalue weighted by Gasteiger charge is -2.03. The number of nitrogens with one attached hydrogen (secondary N) is 2. The summed E-state index contributed by atoms with van der Waals surface area (Å²) in [5, 5.41) is 18.1. The molecule has 0 aromatic carbocycles. The molecule has 0 aliphatic carbocycles. The lowest BCUT2D eigenvalue weighted by atomic mass is 10.3. The molecule has 3 aromatic heterocycles. The van der Waals surface area contributed by atoms with Gasteiger partial charge in [-0.1, -0.05) is 0 Å². The fraction of sp³-hybridized carbons (Fsp3) is 0.333. The molecule has 4 heterocycles.